The molecule has 0 fully saturated rings. The lowest BCUT2D eigenvalue weighted by Gasteiger charge is -2.24. The zero-order chi connectivity index (χ0) is 13.6. The second-order valence-electron chi connectivity index (χ2n) is 4.23. The first kappa shape index (κ1) is 14.9. The number of nitrogens with zero attached hydrogens (tertiary/aromatic N) is 2. The van der Waals surface area contributed by atoms with E-state index in [0.717, 1.165) is 19.4 Å². The maximum absolute atomic E-state index is 11.7. The normalized spacial score (nSPS) is 11.5. The van der Waals surface area contributed by atoms with Gasteiger partial charge in [0.15, 0.2) is 9.84 Å². The second kappa shape index (κ2) is 6.70. The van der Waals surface area contributed by atoms with E-state index in [1.807, 2.05) is 4.90 Å². The summed E-state index contributed by atoms with van der Waals surface area (Å²) in [6.45, 7) is 3.95. The van der Waals surface area contributed by atoms with Gasteiger partial charge in [-0.05, 0) is 18.6 Å². The van der Waals surface area contributed by atoms with Crippen LogP contribution in [-0.2, 0) is 9.84 Å². The Labute approximate surface area is 109 Å². The van der Waals surface area contributed by atoms with Crippen molar-refractivity contribution in [3.05, 3.63) is 18.3 Å². The zero-order valence-electron chi connectivity index (χ0n) is 11.0. The molecule has 0 aromatic carbocycles. The van der Waals surface area contributed by atoms with E-state index in [2.05, 4.69) is 11.9 Å². The minimum Gasteiger partial charge on any atom is -0.354 e. The van der Waals surface area contributed by atoms with Crippen LogP contribution in [0.15, 0.2) is 23.2 Å². The molecule has 102 valence electrons. The predicted octanol–water partition coefficient (Wildman–Crippen LogP) is 1.05. The molecular formula is C12H21N3O2S. The molecule has 1 aromatic rings. The van der Waals surface area contributed by atoms with Crippen molar-refractivity contribution in [1.29, 1.82) is 0 Å². The van der Waals surface area contributed by atoms with Gasteiger partial charge in [-0.15, -0.1) is 0 Å². The summed E-state index contributed by atoms with van der Waals surface area (Å²) < 4.78 is 23.5. The molecule has 0 bridgehead atoms. The quantitative estimate of drug-likeness (QED) is 0.802. The van der Waals surface area contributed by atoms with E-state index in [-0.39, 0.29) is 4.90 Å². The van der Waals surface area contributed by atoms with Crippen molar-refractivity contribution in [1.82, 2.24) is 4.98 Å². The standard InChI is InChI=1S/C12H21N3O2S/c1-3-4-9-15(10-7-13)12-11(18(2,16)17)6-5-8-14-12/h5-6,8H,3-4,7,9-10,13H2,1-2H3. The Kier molecular flexibility index (Phi) is 5.55. The number of pyridine rings is 1. The molecule has 2 N–H and O–H groups in total. The van der Waals surface area contributed by atoms with Gasteiger partial charge in [-0.25, -0.2) is 13.4 Å². The van der Waals surface area contributed by atoms with Gasteiger partial charge >= 0.3 is 0 Å². The van der Waals surface area contributed by atoms with Gasteiger partial charge in [0.1, 0.15) is 10.7 Å². The molecule has 0 aliphatic carbocycles. The summed E-state index contributed by atoms with van der Waals surface area (Å²) in [6.07, 6.45) is 4.84. The maximum atomic E-state index is 11.7. The lowest BCUT2D eigenvalue weighted by atomic mass is 10.3. The van der Waals surface area contributed by atoms with Crippen molar-refractivity contribution in [2.24, 2.45) is 5.73 Å². The number of anilines is 1. The zero-order valence-corrected chi connectivity index (χ0v) is 11.8. The van der Waals surface area contributed by atoms with Crippen LogP contribution in [-0.4, -0.2) is 39.3 Å². The van der Waals surface area contributed by atoms with Crippen LogP contribution in [0.1, 0.15) is 19.8 Å². The largest absolute Gasteiger partial charge is 0.354 e. The van der Waals surface area contributed by atoms with Crippen LogP contribution in [0.4, 0.5) is 5.82 Å². The lowest BCUT2D eigenvalue weighted by molar-refractivity contribution is 0.600. The molecule has 0 saturated heterocycles. The van der Waals surface area contributed by atoms with Gasteiger partial charge in [-0.2, -0.15) is 0 Å². The van der Waals surface area contributed by atoms with Gasteiger partial charge in [-0.1, -0.05) is 13.3 Å². The average molecular weight is 271 g/mol. The Morgan fingerprint density at radius 3 is 2.67 bits per heavy atom. The van der Waals surface area contributed by atoms with Gasteiger partial charge in [0.25, 0.3) is 0 Å². The Morgan fingerprint density at radius 1 is 1.39 bits per heavy atom. The van der Waals surface area contributed by atoms with E-state index in [0.29, 0.717) is 18.9 Å². The monoisotopic (exact) mass is 271 g/mol. The van der Waals surface area contributed by atoms with Crippen LogP contribution >= 0.6 is 0 Å². The molecule has 0 aliphatic rings. The fourth-order valence-electron chi connectivity index (χ4n) is 1.74. The van der Waals surface area contributed by atoms with Crippen molar-refractivity contribution >= 4 is 15.7 Å². The van der Waals surface area contributed by atoms with Crippen LogP contribution in [0.25, 0.3) is 0 Å². The van der Waals surface area contributed by atoms with Crippen molar-refractivity contribution in [3.63, 3.8) is 0 Å². The van der Waals surface area contributed by atoms with Crippen LogP contribution in [0.3, 0.4) is 0 Å². The third-order valence-corrected chi connectivity index (χ3v) is 3.75. The van der Waals surface area contributed by atoms with Crippen LogP contribution in [0.5, 0.6) is 0 Å². The summed E-state index contributed by atoms with van der Waals surface area (Å²) in [5.41, 5.74) is 5.58. The third-order valence-electron chi connectivity index (χ3n) is 2.63. The molecule has 0 radical (unpaired) electrons. The number of nitrogens with two attached hydrogens (primary N) is 1. The maximum Gasteiger partial charge on any atom is 0.179 e. The Morgan fingerprint density at radius 2 is 2.11 bits per heavy atom. The van der Waals surface area contributed by atoms with Crippen LogP contribution in [0.2, 0.25) is 0 Å². The summed E-state index contributed by atoms with van der Waals surface area (Å²) in [5.74, 6) is 0.513. The molecule has 1 heterocycles. The average Bonchev–Trinajstić information content (AvgIpc) is 2.33. The summed E-state index contributed by atoms with van der Waals surface area (Å²) in [7, 11) is -3.27. The minimum atomic E-state index is -3.27. The highest BCUT2D eigenvalue weighted by Crippen LogP contribution is 2.22. The number of hydrogen-bond donors (Lipinski definition) is 1. The highest BCUT2D eigenvalue weighted by molar-refractivity contribution is 7.90. The minimum absolute atomic E-state index is 0.273. The summed E-state index contributed by atoms with van der Waals surface area (Å²) in [6, 6.07) is 3.23. The Bertz CT molecular complexity index is 474. The molecule has 0 saturated carbocycles. The molecule has 0 unspecified atom stereocenters. The molecule has 0 atom stereocenters. The topological polar surface area (TPSA) is 76.3 Å². The molecule has 5 nitrogen and oxygen atoms in total. The van der Waals surface area contributed by atoms with Gasteiger partial charge in [0.2, 0.25) is 0 Å². The number of rotatable bonds is 7. The predicted molar refractivity (Wildman–Crippen MR) is 73.5 cm³/mol. The van der Waals surface area contributed by atoms with E-state index in [9.17, 15) is 8.42 Å². The molecule has 6 heteroatoms. The first-order chi connectivity index (χ1) is 8.50. The number of unbranched alkanes of at least 4 members (excludes halogenated alkanes) is 1. The first-order valence-corrected chi connectivity index (χ1v) is 8.00. The molecule has 1 rings (SSSR count). The van der Waals surface area contributed by atoms with Crippen molar-refractivity contribution in [2.45, 2.75) is 24.7 Å². The summed E-state index contributed by atoms with van der Waals surface area (Å²) >= 11 is 0. The molecule has 0 aliphatic heterocycles. The van der Waals surface area contributed by atoms with Gasteiger partial charge < -0.3 is 10.6 Å². The van der Waals surface area contributed by atoms with Crippen molar-refractivity contribution < 1.29 is 8.42 Å². The first-order valence-electron chi connectivity index (χ1n) is 6.10. The second-order valence-corrected chi connectivity index (χ2v) is 6.21. The van der Waals surface area contributed by atoms with E-state index < -0.39 is 9.84 Å². The third kappa shape index (κ3) is 3.96. The molecule has 1 aromatic heterocycles. The summed E-state index contributed by atoms with van der Waals surface area (Å²) in [5, 5.41) is 0. The van der Waals surface area contributed by atoms with Crippen LogP contribution < -0.4 is 10.6 Å². The fraction of sp³-hybridized carbons (Fsp3) is 0.583. The van der Waals surface area contributed by atoms with Crippen LogP contribution in [0, 0.1) is 0 Å². The van der Waals surface area contributed by atoms with E-state index in [4.69, 9.17) is 5.73 Å². The number of sulfone groups is 1. The van der Waals surface area contributed by atoms with Gasteiger partial charge in [0.05, 0.1) is 0 Å². The van der Waals surface area contributed by atoms with Gasteiger partial charge in [0, 0.05) is 32.1 Å². The fourth-order valence-corrected chi connectivity index (χ4v) is 2.58. The molecule has 18 heavy (non-hydrogen) atoms. The van der Waals surface area contributed by atoms with E-state index >= 15 is 0 Å². The molecule has 0 spiro atoms. The SMILES string of the molecule is CCCCN(CCN)c1ncccc1S(C)(=O)=O. The van der Waals surface area contributed by atoms with Crippen molar-refractivity contribution in [3.8, 4) is 0 Å². The lowest BCUT2D eigenvalue weighted by Crippen LogP contribution is -2.32. The van der Waals surface area contributed by atoms with E-state index in [1.54, 1.807) is 18.3 Å². The Hall–Kier alpha value is -1.14. The van der Waals surface area contributed by atoms with E-state index in [1.165, 1.54) is 6.26 Å². The van der Waals surface area contributed by atoms with Gasteiger partial charge in [-0.3, -0.25) is 0 Å². The van der Waals surface area contributed by atoms with Crippen molar-refractivity contribution in [2.75, 3.05) is 30.8 Å². The number of aromatic nitrogens is 1. The summed E-state index contributed by atoms with van der Waals surface area (Å²) in [4.78, 5) is 6.43. The number of hydrogen-bond acceptors (Lipinski definition) is 5. The Balaban J connectivity index is 3.11. The molecular weight excluding hydrogens is 250 g/mol. The highest BCUT2D eigenvalue weighted by Gasteiger charge is 2.18. The smallest absolute Gasteiger partial charge is 0.179 e. The highest BCUT2D eigenvalue weighted by atomic mass is 32.2. The molecule has 0 amide bonds.